The topological polar surface area (TPSA) is 38.1 Å². The number of halogens is 1. The molecule has 0 spiro atoms. The zero-order valence-corrected chi connectivity index (χ0v) is 12.0. The average Bonchev–Trinajstić information content (AvgIpc) is 2.81. The molecule has 3 rings (SSSR count). The summed E-state index contributed by atoms with van der Waals surface area (Å²) in [6.07, 6.45) is 4.66. The van der Waals surface area contributed by atoms with Crippen LogP contribution in [0.4, 0.5) is 0 Å². The second kappa shape index (κ2) is 5.51. The standard InChI is InChI=1S/C15H19ClN2O/c1-10-7-12(16)8-13-15(10)19-14(18-13)5-4-11-3-2-6-17-9-11/h7-8,11,17H,2-6,9H2,1H3. The van der Waals surface area contributed by atoms with Crippen molar-refractivity contribution in [1.82, 2.24) is 10.3 Å². The number of aryl methyl sites for hydroxylation is 2. The Morgan fingerprint density at radius 1 is 1.47 bits per heavy atom. The molecule has 0 saturated carbocycles. The van der Waals surface area contributed by atoms with Gasteiger partial charge >= 0.3 is 0 Å². The molecule has 0 radical (unpaired) electrons. The maximum absolute atomic E-state index is 6.04. The van der Waals surface area contributed by atoms with E-state index >= 15 is 0 Å². The average molecular weight is 279 g/mol. The quantitative estimate of drug-likeness (QED) is 0.930. The Morgan fingerprint density at radius 3 is 3.16 bits per heavy atom. The summed E-state index contributed by atoms with van der Waals surface area (Å²) in [4.78, 5) is 4.55. The zero-order valence-electron chi connectivity index (χ0n) is 11.2. The predicted octanol–water partition coefficient (Wildman–Crippen LogP) is 3.72. The first-order chi connectivity index (χ1) is 9.22. The van der Waals surface area contributed by atoms with Gasteiger partial charge in [0, 0.05) is 11.4 Å². The highest BCUT2D eigenvalue weighted by Gasteiger charge is 2.15. The minimum atomic E-state index is 0.723. The van der Waals surface area contributed by atoms with Crippen molar-refractivity contribution in [3.63, 3.8) is 0 Å². The molecule has 1 aliphatic rings. The molecule has 1 atom stereocenters. The number of hydrogen-bond donors (Lipinski definition) is 1. The van der Waals surface area contributed by atoms with Crippen molar-refractivity contribution in [3.8, 4) is 0 Å². The van der Waals surface area contributed by atoms with E-state index in [0.29, 0.717) is 0 Å². The van der Waals surface area contributed by atoms with E-state index in [1.807, 2.05) is 19.1 Å². The third-order valence-electron chi connectivity index (χ3n) is 3.85. The minimum absolute atomic E-state index is 0.723. The van der Waals surface area contributed by atoms with Gasteiger partial charge in [-0.3, -0.25) is 0 Å². The minimum Gasteiger partial charge on any atom is -0.440 e. The van der Waals surface area contributed by atoms with E-state index in [-0.39, 0.29) is 0 Å². The van der Waals surface area contributed by atoms with Crippen LogP contribution in [0.2, 0.25) is 5.02 Å². The molecule has 2 heterocycles. The van der Waals surface area contributed by atoms with E-state index in [4.69, 9.17) is 16.0 Å². The highest BCUT2D eigenvalue weighted by molar-refractivity contribution is 6.31. The van der Waals surface area contributed by atoms with Crippen LogP contribution in [0.3, 0.4) is 0 Å². The number of oxazole rings is 1. The van der Waals surface area contributed by atoms with Gasteiger partial charge in [0.2, 0.25) is 0 Å². The van der Waals surface area contributed by atoms with E-state index in [1.165, 1.54) is 12.8 Å². The van der Waals surface area contributed by atoms with E-state index in [2.05, 4.69) is 10.3 Å². The molecule has 1 aromatic heterocycles. The maximum Gasteiger partial charge on any atom is 0.195 e. The van der Waals surface area contributed by atoms with Gasteiger partial charge in [0.05, 0.1) is 0 Å². The van der Waals surface area contributed by atoms with Crippen LogP contribution in [-0.4, -0.2) is 18.1 Å². The molecule has 1 aliphatic heterocycles. The number of hydrogen-bond acceptors (Lipinski definition) is 3. The normalized spacial score (nSPS) is 20.0. The number of fused-ring (bicyclic) bond motifs is 1. The van der Waals surface area contributed by atoms with Gasteiger partial charge in [0.25, 0.3) is 0 Å². The van der Waals surface area contributed by atoms with Crippen LogP contribution < -0.4 is 5.32 Å². The Morgan fingerprint density at radius 2 is 2.37 bits per heavy atom. The fraction of sp³-hybridized carbons (Fsp3) is 0.533. The van der Waals surface area contributed by atoms with Gasteiger partial charge in [-0.25, -0.2) is 4.98 Å². The van der Waals surface area contributed by atoms with Crippen LogP contribution in [0.5, 0.6) is 0 Å². The SMILES string of the molecule is Cc1cc(Cl)cc2nc(CCC3CCCNC3)oc12. The van der Waals surface area contributed by atoms with Gasteiger partial charge in [-0.15, -0.1) is 0 Å². The molecule has 1 aromatic carbocycles. The molecular weight excluding hydrogens is 260 g/mol. The van der Waals surface area contributed by atoms with E-state index in [1.54, 1.807) is 0 Å². The highest BCUT2D eigenvalue weighted by atomic mass is 35.5. The second-order valence-electron chi connectivity index (χ2n) is 5.43. The molecule has 0 bridgehead atoms. The number of piperidine rings is 1. The highest BCUT2D eigenvalue weighted by Crippen LogP contribution is 2.25. The first kappa shape index (κ1) is 12.9. The van der Waals surface area contributed by atoms with Gasteiger partial charge in [-0.1, -0.05) is 11.6 Å². The van der Waals surface area contributed by atoms with E-state index < -0.39 is 0 Å². The summed E-state index contributed by atoms with van der Waals surface area (Å²) in [6, 6.07) is 3.79. The monoisotopic (exact) mass is 278 g/mol. The zero-order chi connectivity index (χ0) is 13.2. The van der Waals surface area contributed by atoms with Crippen LogP contribution in [0.1, 0.15) is 30.7 Å². The molecule has 3 nitrogen and oxygen atoms in total. The van der Waals surface area contributed by atoms with Crippen molar-refractivity contribution in [2.24, 2.45) is 5.92 Å². The molecule has 1 N–H and O–H groups in total. The summed E-state index contributed by atoms with van der Waals surface area (Å²) in [7, 11) is 0. The molecule has 0 aliphatic carbocycles. The molecule has 2 aromatic rings. The van der Waals surface area contributed by atoms with Gasteiger partial charge in [0.1, 0.15) is 5.52 Å². The van der Waals surface area contributed by atoms with Crippen LogP contribution in [0, 0.1) is 12.8 Å². The van der Waals surface area contributed by atoms with Crippen molar-refractivity contribution in [2.45, 2.75) is 32.6 Å². The molecule has 102 valence electrons. The molecule has 1 unspecified atom stereocenters. The smallest absolute Gasteiger partial charge is 0.195 e. The predicted molar refractivity (Wildman–Crippen MR) is 77.7 cm³/mol. The lowest BCUT2D eigenvalue weighted by molar-refractivity contribution is 0.347. The van der Waals surface area contributed by atoms with E-state index in [0.717, 1.165) is 59.4 Å². The number of nitrogens with one attached hydrogen (secondary N) is 1. The fourth-order valence-corrected chi connectivity index (χ4v) is 3.07. The van der Waals surface area contributed by atoms with Crippen LogP contribution in [0.25, 0.3) is 11.1 Å². The number of nitrogens with zero attached hydrogens (tertiary/aromatic N) is 1. The lowest BCUT2D eigenvalue weighted by atomic mass is 9.95. The summed E-state index contributed by atoms with van der Waals surface area (Å²) in [5, 5.41) is 4.17. The van der Waals surface area contributed by atoms with Gasteiger partial charge < -0.3 is 9.73 Å². The van der Waals surface area contributed by atoms with Gasteiger partial charge in [0.15, 0.2) is 11.5 Å². The third kappa shape index (κ3) is 2.93. The molecule has 0 amide bonds. The molecule has 1 saturated heterocycles. The van der Waals surface area contributed by atoms with Crippen molar-refractivity contribution in [2.75, 3.05) is 13.1 Å². The number of rotatable bonds is 3. The fourth-order valence-electron chi connectivity index (χ4n) is 2.81. The number of aromatic nitrogens is 1. The largest absolute Gasteiger partial charge is 0.440 e. The van der Waals surface area contributed by atoms with Crippen molar-refractivity contribution >= 4 is 22.7 Å². The summed E-state index contributed by atoms with van der Waals surface area (Å²) in [6.45, 7) is 4.30. The lowest BCUT2D eigenvalue weighted by Crippen LogP contribution is -2.29. The molecule has 1 fully saturated rings. The first-order valence-corrected chi connectivity index (χ1v) is 7.36. The van der Waals surface area contributed by atoms with Crippen molar-refractivity contribution in [3.05, 3.63) is 28.6 Å². The maximum atomic E-state index is 6.04. The Balaban J connectivity index is 1.72. The summed E-state index contributed by atoms with van der Waals surface area (Å²) in [5.41, 5.74) is 2.81. The molecule has 19 heavy (non-hydrogen) atoms. The summed E-state index contributed by atoms with van der Waals surface area (Å²) >= 11 is 6.04. The first-order valence-electron chi connectivity index (χ1n) is 6.98. The Bertz CT molecular complexity index is 573. The summed E-state index contributed by atoms with van der Waals surface area (Å²) in [5.74, 6) is 1.60. The van der Waals surface area contributed by atoms with Crippen LogP contribution in [0.15, 0.2) is 16.5 Å². The van der Waals surface area contributed by atoms with Crippen molar-refractivity contribution < 1.29 is 4.42 Å². The van der Waals surface area contributed by atoms with Crippen LogP contribution in [-0.2, 0) is 6.42 Å². The van der Waals surface area contributed by atoms with Gasteiger partial charge in [-0.05, 0) is 62.9 Å². The van der Waals surface area contributed by atoms with Gasteiger partial charge in [-0.2, -0.15) is 0 Å². The Hall–Kier alpha value is -1.06. The summed E-state index contributed by atoms with van der Waals surface area (Å²) < 4.78 is 5.85. The number of benzene rings is 1. The third-order valence-corrected chi connectivity index (χ3v) is 4.07. The van der Waals surface area contributed by atoms with E-state index in [9.17, 15) is 0 Å². The van der Waals surface area contributed by atoms with Crippen LogP contribution >= 0.6 is 11.6 Å². The Labute approximate surface area is 118 Å². The molecular formula is C15H19ClN2O. The second-order valence-corrected chi connectivity index (χ2v) is 5.87. The Kier molecular flexibility index (Phi) is 3.76. The lowest BCUT2D eigenvalue weighted by Gasteiger charge is -2.21. The van der Waals surface area contributed by atoms with Crippen molar-refractivity contribution in [1.29, 1.82) is 0 Å². The molecule has 4 heteroatoms.